The lowest BCUT2D eigenvalue weighted by Gasteiger charge is -2.49. The lowest BCUT2D eigenvalue weighted by atomic mass is 9.72. The summed E-state index contributed by atoms with van der Waals surface area (Å²) in [7, 11) is 2.17. The summed E-state index contributed by atoms with van der Waals surface area (Å²) in [6.07, 6.45) is 5.02. The Morgan fingerprint density at radius 1 is 1.27 bits per heavy atom. The highest BCUT2D eigenvalue weighted by Crippen LogP contribution is 2.44. The second-order valence-electron chi connectivity index (χ2n) is 8.22. The average molecular weight is 368 g/mol. The predicted octanol–water partition coefficient (Wildman–Crippen LogP) is 1.70. The van der Waals surface area contributed by atoms with Crippen LogP contribution in [0.4, 0.5) is 0 Å². The van der Waals surface area contributed by atoms with Gasteiger partial charge in [0.2, 0.25) is 5.91 Å². The fraction of sp³-hybridized carbons (Fsp3) is 0.950. The van der Waals surface area contributed by atoms with Crippen LogP contribution in [0.15, 0.2) is 0 Å². The van der Waals surface area contributed by atoms with Gasteiger partial charge < -0.3 is 24.6 Å². The molecule has 1 saturated carbocycles. The van der Waals surface area contributed by atoms with Gasteiger partial charge in [-0.05, 0) is 51.9 Å². The van der Waals surface area contributed by atoms with E-state index in [1.165, 1.54) is 0 Å². The largest absolute Gasteiger partial charge is 0.356 e. The summed E-state index contributed by atoms with van der Waals surface area (Å²) in [5.41, 5.74) is 0. The van der Waals surface area contributed by atoms with Gasteiger partial charge in [-0.25, -0.2) is 0 Å². The van der Waals surface area contributed by atoms with Crippen LogP contribution < -0.4 is 5.32 Å². The number of likely N-dealkylation sites (tertiary alicyclic amines) is 1. The summed E-state index contributed by atoms with van der Waals surface area (Å²) < 4.78 is 11.9. The molecule has 6 nitrogen and oxygen atoms in total. The van der Waals surface area contributed by atoms with Gasteiger partial charge in [-0.15, -0.1) is 0 Å². The Morgan fingerprint density at radius 2 is 2.00 bits per heavy atom. The van der Waals surface area contributed by atoms with E-state index in [0.717, 1.165) is 64.8 Å². The number of fused-ring (bicyclic) bond motifs is 1. The molecule has 2 aliphatic heterocycles. The molecule has 3 atom stereocenters. The summed E-state index contributed by atoms with van der Waals surface area (Å²) in [4.78, 5) is 17.5. The fourth-order valence-electron chi connectivity index (χ4n) is 5.13. The van der Waals surface area contributed by atoms with Crippen molar-refractivity contribution in [1.82, 2.24) is 15.1 Å². The predicted molar refractivity (Wildman–Crippen MR) is 102 cm³/mol. The van der Waals surface area contributed by atoms with E-state index in [4.69, 9.17) is 9.47 Å². The minimum atomic E-state index is -0.357. The number of hydrogen-bond donors (Lipinski definition) is 1. The van der Waals surface area contributed by atoms with Gasteiger partial charge in [-0.3, -0.25) is 4.79 Å². The zero-order chi connectivity index (χ0) is 18.6. The first-order valence-electron chi connectivity index (χ1n) is 10.5. The summed E-state index contributed by atoms with van der Waals surface area (Å²) in [5, 5.41) is 3.18. The minimum absolute atomic E-state index is 0.0891. The number of carbonyl (C=O) groups excluding carboxylic acids is 1. The van der Waals surface area contributed by atoms with Crippen molar-refractivity contribution < 1.29 is 14.3 Å². The van der Waals surface area contributed by atoms with Crippen molar-refractivity contribution in [3.8, 4) is 0 Å². The number of nitrogens with zero attached hydrogens (tertiary/aromatic N) is 2. The Bertz CT molecular complexity index is 463. The first-order chi connectivity index (χ1) is 12.6. The van der Waals surface area contributed by atoms with Gasteiger partial charge in [-0.2, -0.15) is 0 Å². The summed E-state index contributed by atoms with van der Waals surface area (Å²) in [6.45, 7) is 10.7. The van der Waals surface area contributed by atoms with Crippen LogP contribution in [0.25, 0.3) is 0 Å². The summed E-state index contributed by atoms with van der Waals surface area (Å²) >= 11 is 0. The van der Waals surface area contributed by atoms with Crippen LogP contribution in [-0.2, 0) is 14.3 Å². The Hall–Kier alpha value is -0.690. The molecule has 2 heterocycles. The SMILES string of the molecule is CCN(CC)CCCNC(=O)[C@@H]1C[C@@H]2CC3(CC[C@H]2N(C)C1)OCCO3. The molecule has 0 unspecified atom stereocenters. The third kappa shape index (κ3) is 4.58. The smallest absolute Gasteiger partial charge is 0.224 e. The van der Waals surface area contributed by atoms with Gasteiger partial charge in [0.25, 0.3) is 0 Å². The standard InChI is InChI=1S/C20H37N3O3/c1-4-23(5-2)10-6-9-21-19(24)17-13-16-14-20(25-11-12-26-20)8-7-18(16)22(3)15-17/h16-18H,4-15H2,1-3H3,(H,21,24)/t16-,17-,18-/m1/s1. The first kappa shape index (κ1) is 20.1. The highest BCUT2D eigenvalue weighted by atomic mass is 16.7. The summed E-state index contributed by atoms with van der Waals surface area (Å²) in [6, 6.07) is 0.570. The molecule has 3 aliphatic rings. The van der Waals surface area contributed by atoms with Gasteiger partial charge in [-0.1, -0.05) is 13.8 Å². The molecule has 0 aromatic heterocycles. The van der Waals surface area contributed by atoms with Crippen LogP contribution in [0.3, 0.4) is 0 Å². The number of rotatable bonds is 7. The molecular formula is C20H37N3O3. The molecule has 6 heteroatoms. The molecule has 150 valence electrons. The molecule has 3 fully saturated rings. The average Bonchev–Trinajstić information content (AvgIpc) is 3.08. The van der Waals surface area contributed by atoms with E-state index >= 15 is 0 Å². The molecule has 26 heavy (non-hydrogen) atoms. The third-order valence-electron chi connectivity index (χ3n) is 6.63. The lowest BCUT2D eigenvalue weighted by molar-refractivity contribution is -0.202. The van der Waals surface area contributed by atoms with Crippen LogP contribution in [0.2, 0.25) is 0 Å². The number of amides is 1. The minimum Gasteiger partial charge on any atom is -0.356 e. The van der Waals surface area contributed by atoms with E-state index in [1.807, 2.05) is 0 Å². The van der Waals surface area contributed by atoms with Crippen molar-refractivity contribution >= 4 is 5.91 Å². The Labute approximate surface area is 158 Å². The van der Waals surface area contributed by atoms with Gasteiger partial charge in [0, 0.05) is 32.0 Å². The maximum atomic E-state index is 12.7. The van der Waals surface area contributed by atoms with E-state index in [0.29, 0.717) is 25.2 Å². The van der Waals surface area contributed by atoms with Crippen molar-refractivity contribution in [3.05, 3.63) is 0 Å². The third-order valence-corrected chi connectivity index (χ3v) is 6.63. The second kappa shape index (κ2) is 9.00. The van der Waals surface area contributed by atoms with Crippen molar-refractivity contribution in [2.24, 2.45) is 11.8 Å². The van der Waals surface area contributed by atoms with E-state index in [-0.39, 0.29) is 17.6 Å². The van der Waals surface area contributed by atoms with Crippen LogP contribution in [0, 0.1) is 11.8 Å². The number of carbonyl (C=O) groups is 1. The van der Waals surface area contributed by atoms with Crippen molar-refractivity contribution in [2.45, 2.75) is 57.8 Å². The molecule has 2 saturated heterocycles. The highest BCUT2D eigenvalue weighted by molar-refractivity contribution is 5.79. The number of piperidine rings is 1. The number of hydrogen-bond acceptors (Lipinski definition) is 5. The number of nitrogens with one attached hydrogen (secondary N) is 1. The van der Waals surface area contributed by atoms with Gasteiger partial charge in [0.15, 0.2) is 5.79 Å². The van der Waals surface area contributed by atoms with Crippen molar-refractivity contribution in [3.63, 3.8) is 0 Å². The molecule has 0 bridgehead atoms. The zero-order valence-corrected chi connectivity index (χ0v) is 16.8. The monoisotopic (exact) mass is 367 g/mol. The maximum Gasteiger partial charge on any atom is 0.224 e. The van der Waals surface area contributed by atoms with E-state index in [1.54, 1.807) is 0 Å². The molecule has 1 aliphatic carbocycles. The van der Waals surface area contributed by atoms with E-state index < -0.39 is 0 Å². The Kier molecular flexibility index (Phi) is 6.94. The quantitative estimate of drug-likeness (QED) is 0.694. The molecule has 1 N–H and O–H groups in total. The van der Waals surface area contributed by atoms with Crippen LogP contribution in [-0.4, -0.2) is 80.5 Å². The molecule has 0 aromatic rings. The number of ether oxygens (including phenoxy) is 2. The normalized spacial score (nSPS) is 31.3. The van der Waals surface area contributed by atoms with Gasteiger partial charge in [0.1, 0.15) is 0 Å². The lowest BCUT2D eigenvalue weighted by Crippen LogP contribution is -2.55. The molecular weight excluding hydrogens is 330 g/mol. The molecule has 1 amide bonds. The van der Waals surface area contributed by atoms with Gasteiger partial charge >= 0.3 is 0 Å². The van der Waals surface area contributed by atoms with Crippen LogP contribution in [0.1, 0.15) is 46.0 Å². The van der Waals surface area contributed by atoms with Crippen molar-refractivity contribution in [1.29, 1.82) is 0 Å². The molecule has 1 spiro atoms. The Morgan fingerprint density at radius 3 is 2.69 bits per heavy atom. The van der Waals surface area contributed by atoms with Crippen molar-refractivity contribution in [2.75, 3.05) is 53.0 Å². The maximum absolute atomic E-state index is 12.7. The second-order valence-corrected chi connectivity index (χ2v) is 8.22. The topological polar surface area (TPSA) is 54.0 Å². The highest BCUT2D eigenvalue weighted by Gasteiger charge is 2.49. The summed E-state index contributed by atoms with van der Waals surface area (Å²) in [5.74, 6) is 0.449. The van der Waals surface area contributed by atoms with Crippen LogP contribution in [0.5, 0.6) is 0 Å². The van der Waals surface area contributed by atoms with E-state index in [2.05, 4.69) is 36.0 Å². The van der Waals surface area contributed by atoms with Crippen LogP contribution >= 0.6 is 0 Å². The molecule has 0 radical (unpaired) electrons. The Balaban J connectivity index is 1.47. The fourth-order valence-corrected chi connectivity index (χ4v) is 5.13. The first-order valence-corrected chi connectivity index (χ1v) is 10.5. The van der Waals surface area contributed by atoms with E-state index in [9.17, 15) is 4.79 Å². The molecule has 3 rings (SSSR count). The zero-order valence-electron chi connectivity index (χ0n) is 16.8. The van der Waals surface area contributed by atoms with Gasteiger partial charge in [0.05, 0.1) is 19.1 Å². The molecule has 0 aromatic carbocycles.